The van der Waals surface area contributed by atoms with E-state index in [9.17, 15) is 9.59 Å². The van der Waals surface area contributed by atoms with Crippen molar-refractivity contribution in [3.05, 3.63) is 29.3 Å². The molecule has 1 aromatic carbocycles. The molecule has 2 aliphatic heterocycles. The highest BCUT2D eigenvalue weighted by atomic mass is 16.5. The zero-order valence-corrected chi connectivity index (χ0v) is 14.6. The van der Waals surface area contributed by atoms with Gasteiger partial charge in [-0.1, -0.05) is 11.8 Å². The van der Waals surface area contributed by atoms with Crippen LogP contribution in [-0.2, 0) is 9.53 Å². The lowest BCUT2D eigenvalue weighted by Gasteiger charge is -2.23. The Kier molecular flexibility index (Phi) is 4.95. The van der Waals surface area contributed by atoms with E-state index in [2.05, 4.69) is 16.7 Å². The highest BCUT2D eigenvalue weighted by Crippen LogP contribution is 2.34. The third kappa shape index (κ3) is 3.47. The van der Waals surface area contributed by atoms with Gasteiger partial charge in [-0.2, -0.15) is 0 Å². The molecule has 2 atom stereocenters. The molecule has 0 saturated carbocycles. The molecule has 3 rings (SSSR count). The highest BCUT2D eigenvalue weighted by Gasteiger charge is 2.40. The minimum atomic E-state index is -0.400. The fraction of sp³-hybridized carbons (Fsp3) is 0.474. The van der Waals surface area contributed by atoms with Crippen LogP contribution in [0.3, 0.4) is 0 Å². The molecule has 132 valence electrons. The average molecular weight is 341 g/mol. The predicted molar refractivity (Wildman–Crippen MR) is 95.2 cm³/mol. The number of nitrogens with zero attached hydrogens (tertiary/aromatic N) is 2. The summed E-state index contributed by atoms with van der Waals surface area (Å²) in [6.45, 7) is 5.35. The van der Waals surface area contributed by atoms with Crippen molar-refractivity contribution in [3.63, 3.8) is 0 Å². The van der Waals surface area contributed by atoms with Crippen LogP contribution in [0, 0.1) is 23.7 Å². The topological polar surface area (TPSA) is 75.9 Å². The Balaban J connectivity index is 1.80. The molecule has 6 nitrogen and oxygen atoms in total. The van der Waals surface area contributed by atoms with Crippen molar-refractivity contribution in [1.82, 2.24) is 4.90 Å². The maximum Gasteiger partial charge on any atom is 0.339 e. The Labute approximate surface area is 147 Å². The number of carbonyl (C=O) groups excluding carboxylic acids is 2. The van der Waals surface area contributed by atoms with Crippen molar-refractivity contribution in [2.75, 3.05) is 44.7 Å². The molecule has 1 amide bonds. The number of methoxy groups -OCH3 is 1. The van der Waals surface area contributed by atoms with E-state index in [1.54, 1.807) is 13.0 Å². The minimum Gasteiger partial charge on any atom is -0.465 e. The smallest absolute Gasteiger partial charge is 0.339 e. The van der Waals surface area contributed by atoms with Crippen molar-refractivity contribution in [2.24, 2.45) is 17.6 Å². The summed E-state index contributed by atoms with van der Waals surface area (Å²) in [6.07, 6.45) is 0. The molecule has 6 heteroatoms. The Morgan fingerprint density at radius 1 is 1.24 bits per heavy atom. The normalized spacial score (nSPS) is 21.6. The van der Waals surface area contributed by atoms with Gasteiger partial charge in [-0.05, 0) is 18.2 Å². The summed E-state index contributed by atoms with van der Waals surface area (Å²) >= 11 is 0. The number of rotatable bonds is 2. The zero-order valence-electron chi connectivity index (χ0n) is 14.6. The van der Waals surface area contributed by atoms with Gasteiger partial charge < -0.3 is 20.3 Å². The SMILES string of the molecule is COC(=O)c1ccc(N2CC3CN(C(C)=O)CC3C2)cc1C#CCN. The van der Waals surface area contributed by atoms with Crippen molar-refractivity contribution < 1.29 is 14.3 Å². The summed E-state index contributed by atoms with van der Waals surface area (Å²) in [5.41, 5.74) is 7.59. The number of ether oxygens (including phenoxy) is 1. The lowest BCUT2D eigenvalue weighted by Crippen LogP contribution is -2.31. The number of carbonyl (C=O) groups is 2. The number of amides is 1. The fourth-order valence-corrected chi connectivity index (χ4v) is 3.73. The number of benzene rings is 1. The number of fused-ring (bicyclic) bond motifs is 1. The molecular formula is C19H23N3O3. The Bertz CT molecular complexity index is 736. The molecule has 0 aromatic heterocycles. The quantitative estimate of drug-likeness (QED) is 0.633. The van der Waals surface area contributed by atoms with Gasteiger partial charge in [0.1, 0.15) is 0 Å². The minimum absolute atomic E-state index is 0.155. The van der Waals surface area contributed by atoms with Crippen LogP contribution in [-0.4, -0.2) is 56.6 Å². The van der Waals surface area contributed by atoms with Crippen LogP contribution in [0.2, 0.25) is 0 Å². The summed E-state index contributed by atoms with van der Waals surface area (Å²) in [5.74, 6) is 6.54. The molecule has 2 N–H and O–H groups in total. The molecule has 2 aliphatic rings. The molecule has 1 aromatic rings. The van der Waals surface area contributed by atoms with Crippen molar-refractivity contribution in [1.29, 1.82) is 0 Å². The first-order valence-corrected chi connectivity index (χ1v) is 8.45. The van der Waals surface area contributed by atoms with Gasteiger partial charge >= 0.3 is 5.97 Å². The van der Waals surface area contributed by atoms with E-state index in [4.69, 9.17) is 10.5 Å². The second-order valence-corrected chi connectivity index (χ2v) is 6.58. The molecule has 2 unspecified atom stereocenters. The van der Waals surface area contributed by atoms with Crippen molar-refractivity contribution in [2.45, 2.75) is 6.92 Å². The lowest BCUT2D eigenvalue weighted by atomic mass is 10.0. The van der Waals surface area contributed by atoms with Crippen LogP contribution in [0.1, 0.15) is 22.8 Å². The summed E-state index contributed by atoms with van der Waals surface area (Å²) in [5, 5.41) is 0. The Hall–Kier alpha value is -2.52. The van der Waals surface area contributed by atoms with Crippen LogP contribution in [0.4, 0.5) is 5.69 Å². The van der Waals surface area contributed by atoms with Crippen LogP contribution < -0.4 is 10.6 Å². The van der Waals surface area contributed by atoms with Gasteiger partial charge in [0, 0.05) is 56.2 Å². The van der Waals surface area contributed by atoms with Crippen molar-refractivity contribution in [3.8, 4) is 11.8 Å². The van der Waals surface area contributed by atoms with Gasteiger partial charge in [0.15, 0.2) is 0 Å². The molecule has 25 heavy (non-hydrogen) atoms. The van der Waals surface area contributed by atoms with E-state index >= 15 is 0 Å². The number of likely N-dealkylation sites (tertiary alicyclic amines) is 1. The number of hydrogen-bond acceptors (Lipinski definition) is 5. The number of nitrogens with two attached hydrogens (primary N) is 1. The molecule has 0 bridgehead atoms. The third-order valence-corrected chi connectivity index (χ3v) is 5.03. The summed E-state index contributed by atoms with van der Waals surface area (Å²) in [4.78, 5) is 27.7. The monoisotopic (exact) mass is 341 g/mol. The van der Waals surface area contributed by atoms with Gasteiger partial charge in [0.25, 0.3) is 0 Å². The van der Waals surface area contributed by atoms with Crippen LogP contribution in [0.25, 0.3) is 0 Å². The Morgan fingerprint density at radius 2 is 1.92 bits per heavy atom. The first-order valence-electron chi connectivity index (χ1n) is 8.45. The summed E-state index contributed by atoms with van der Waals surface area (Å²) < 4.78 is 4.83. The van der Waals surface area contributed by atoms with Crippen molar-refractivity contribution >= 4 is 17.6 Å². The first-order chi connectivity index (χ1) is 12.0. The summed E-state index contributed by atoms with van der Waals surface area (Å²) in [7, 11) is 1.36. The van der Waals surface area contributed by atoms with Gasteiger partial charge in [-0.3, -0.25) is 4.79 Å². The van der Waals surface area contributed by atoms with Crippen LogP contribution >= 0.6 is 0 Å². The van der Waals surface area contributed by atoms with Gasteiger partial charge in [0.2, 0.25) is 5.91 Å². The van der Waals surface area contributed by atoms with Gasteiger partial charge in [-0.25, -0.2) is 4.79 Å². The first kappa shape index (κ1) is 17.3. The van der Waals surface area contributed by atoms with E-state index in [1.807, 2.05) is 17.0 Å². The zero-order chi connectivity index (χ0) is 18.0. The molecule has 2 saturated heterocycles. The van der Waals surface area contributed by atoms with Gasteiger partial charge in [0.05, 0.1) is 19.2 Å². The maximum atomic E-state index is 11.9. The predicted octanol–water partition coefficient (Wildman–Crippen LogP) is 0.698. The standard InChI is InChI=1S/C19H23N3O3/c1-13(23)21-9-15-11-22(12-16(15)10-21)17-5-6-18(19(24)25-2)14(8-17)4-3-7-20/h5-6,8,15-16H,7,9-12,20H2,1-2H3. The average Bonchev–Trinajstić information content (AvgIpc) is 3.18. The van der Waals surface area contributed by atoms with E-state index in [0.29, 0.717) is 23.0 Å². The number of hydrogen-bond donors (Lipinski definition) is 1. The number of esters is 1. The van der Waals surface area contributed by atoms with E-state index in [0.717, 1.165) is 31.9 Å². The molecule has 2 heterocycles. The largest absolute Gasteiger partial charge is 0.465 e. The molecular weight excluding hydrogens is 318 g/mol. The van der Waals surface area contributed by atoms with Crippen LogP contribution in [0.15, 0.2) is 18.2 Å². The van der Waals surface area contributed by atoms with Gasteiger partial charge in [-0.15, -0.1) is 0 Å². The van der Waals surface area contributed by atoms with E-state index < -0.39 is 5.97 Å². The summed E-state index contributed by atoms with van der Waals surface area (Å²) in [6, 6.07) is 5.63. The third-order valence-electron chi connectivity index (χ3n) is 5.03. The lowest BCUT2D eigenvalue weighted by molar-refractivity contribution is -0.128. The molecule has 0 aliphatic carbocycles. The Morgan fingerprint density at radius 3 is 2.48 bits per heavy atom. The maximum absolute atomic E-state index is 11.9. The van der Waals surface area contributed by atoms with Crippen LogP contribution in [0.5, 0.6) is 0 Å². The molecule has 0 radical (unpaired) electrons. The highest BCUT2D eigenvalue weighted by molar-refractivity contribution is 5.93. The second-order valence-electron chi connectivity index (χ2n) is 6.58. The molecule has 2 fully saturated rings. The van der Waals surface area contributed by atoms with E-state index in [1.165, 1.54) is 7.11 Å². The molecule has 0 spiro atoms. The second kappa shape index (κ2) is 7.16. The fourth-order valence-electron chi connectivity index (χ4n) is 3.73. The van der Waals surface area contributed by atoms with E-state index in [-0.39, 0.29) is 12.5 Å². The number of anilines is 1.